The van der Waals surface area contributed by atoms with Crippen LogP contribution in [0.15, 0.2) is 55.1 Å². The van der Waals surface area contributed by atoms with Gasteiger partial charge in [-0.2, -0.15) is 0 Å². The van der Waals surface area contributed by atoms with Crippen LogP contribution in [0.1, 0.15) is 27.2 Å². The van der Waals surface area contributed by atoms with Gasteiger partial charge in [0.1, 0.15) is 6.61 Å². The van der Waals surface area contributed by atoms with Gasteiger partial charge in [-0.05, 0) is 12.1 Å². The summed E-state index contributed by atoms with van der Waals surface area (Å²) in [5.74, 6) is -0.504. The Morgan fingerprint density at radius 2 is 1.81 bits per heavy atom. The number of fused-ring (bicyclic) bond motifs is 2. The number of carbonyl (C=O) groups is 2. The molecule has 1 aromatic heterocycles. The molecule has 0 fully saturated rings. The minimum atomic E-state index is -0.375. The molecule has 2 heterocycles. The Hall–Kier alpha value is -2.63. The fourth-order valence-corrected chi connectivity index (χ4v) is 4.55. The van der Waals surface area contributed by atoms with Gasteiger partial charge in [-0.1, -0.05) is 54.6 Å². The van der Waals surface area contributed by atoms with Crippen molar-refractivity contribution < 1.29 is 14.3 Å². The average molecular weight is 398 g/mol. The van der Waals surface area contributed by atoms with Crippen LogP contribution >= 0.6 is 22.9 Å². The Morgan fingerprint density at radius 3 is 2.56 bits per heavy atom. The number of benzene rings is 2. The molecule has 0 saturated heterocycles. The van der Waals surface area contributed by atoms with Crippen LogP contribution in [-0.2, 0) is 16.1 Å². The lowest BCUT2D eigenvalue weighted by molar-refractivity contribution is -0.144. The van der Waals surface area contributed by atoms with Gasteiger partial charge < -0.3 is 9.64 Å². The van der Waals surface area contributed by atoms with E-state index in [4.69, 9.17) is 16.3 Å². The molecule has 0 radical (unpaired) electrons. The lowest BCUT2D eigenvalue weighted by atomic mass is 10.1. The molecule has 0 unspecified atom stereocenters. The van der Waals surface area contributed by atoms with E-state index in [0.717, 1.165) is 20.5 Å². The van der Waals surface area contributed by atoms with Crippen LogP contribution in [0, 0.1) is 0 Å². The van der Waals surface area contributed by atoms with Crippen LogP contribution in [0.5, 0.6) is 0 Å². The van der Waals surface area contributed by atoms with Crippen molar-refractivity contribution in [3.8, 4) is 0 Å². The molecule has 0 N–H and O–H groups in total. The molecule has 6 heteroatoms. The highest BCUT2D eigenvalue weighted by Gasteiger charge is 2.30. The maximum Gasteiger partial charge on any atom is 0.307 e. The van der Waals surface area contributed by atoms with Gasteiger partial charge in [-0.3, -0.25) is 9.59 Å². The summed E-state index contributed by atoms with van der Waals surface area (Å²) < 4.78 is 6.43. The van der Waals surface area contributed by atoms with E-state index in [1.807, 2.05) is 42.5 Å². The number of carbonyl (C=O) groups excluding carboxylic acids is 2. The van der Waals surface area contributed by atoms with E-state index in [9.17, 15) is 9.59 Å². The second-order valence-electron chi connectivity index (χ2n) is 6.20. The topological polar surface area (TPSA) is 46.6 Å². The Morgan fingerprint density at radius 1 is 1.11 bits per heavy atom. The highest BCUT2D eigenvalue weighted by molar-refractivity contribution is 7.19. The van der Waals surface area contributed by atoms with Crippen LogP contribution in [0.2, 0.25) is 5.02 Å². The molecule has 1 amide bonds. The summed E-state index contributed by atoms with van der Waals surface area (Å²) in [5, 5.41) is 1.59. The SMILES string of the molecule is C=C1c2ccccc2C(=O)N1CCC(=O)OCc1sc2ccccc2c1Cl. The van der Waals surface area contributed by atoms with Crippen molar-refractivity contribution in [2.45, 2.75) is 13.0 Å². The van der Waals surface area contributed by atoms with Crippen molar-refractivity contribution in [2.24, 2.45) is 0 Å². The predicted octanol–water partition coefficient (Wildman–Crippen LogP) is 5.11. The monoisotopic (exact) mass is 397 g/mol. The molecule has 0 atom stereocenters. The normalized spacial score (nSPS) is 13.3. The zero-order chi connectivity index (χ0) is 19.0. The lowest BCUT2D eigenvalue weighted by Crippen LogP contribution is -2.26. The zero-order valence-electron chi connectivity index (χ0n) is 14.4. The molecular weight excluding hydrogens is 382 g/mol. The Labute approximate surface area is 165 Å². The van der Waals surface area contributed by atoms with Gasteiger partial charge in [-0.25, -0.2) is 0 Å². The summed E-state index contributed by atoms with van der Waals surface area (Å²) in [6, 6.07) is 15.1. The van der Waals surface area contributed by atoms with E-state index in [0.29, 0.717) is 16.3 Å². The summed E-state index contributed by atoms with van der Waals surface area (Å²) in [6.07, 6.45) is 0.0985. The van der Waals surface area contributed by atoms with Gasteiger partial charge in [0, 0.05) is 33.5 Å². The first-order valence-corrected chi connectivity index (χ1v) is 9.67. The molecule has 136 valence electrons. The van der Waals surface area contributed by atoms with E-state index in [1.54, 1.807) is 6.07 Å². The highest BCUT2D eigenvalue weighted by atomic mass is 35.5. The van der Waals surface area contributed by atoms with Gasteiger partial charge in [0.15, 0.2) is 0 Å². The minimum Gasteiger partial charge on any atom is -0.460 e. The second-order valence-corrected chi connectivity index (χ2v) is 7.71. The minimum absolute atomic E-state index is 0.0985. The molecule has 0 saturated carbocycles. The third kappa shape index (κ3) is 3.24. The van der Waals surface area contributed by atoms with Crippen molar-refractivity contribution in [3.63, 3.8) is 0 Å². The third-order valence-electron chi connectivity index (χ3n) is 4.54. The largest absolute Gasteiger partial charge is 0.460 e. The fourth-order valence-electron chi connectivity index (χ4n) is 3.15. The van der Waals surface area contributed by atoms with E-state index in [-0.39, 0.29) is 31.4 Å². The molecule has 4 nitrogen and oxygen atoms in total. The molecule has 1 aliphatic rings. The number of esters is 1. The number of halogens is 1. The van der Waals surface area contributed by atoms with Crippen molar-refractivity contribution in [2.75, 3.05) is 6.54 Å². The quantitative estimate of drug-likeness (QED) is 0.562. The fraction of sp³-hybridized carbons (Fsp3) is 0.143. The standard InChI is InChI=1S/C21H16ClNO3S/c1-13-14-6-2-3-7-15(14)21(25)23(13)11-10-19(24)26-12-18-20(22)16-8-4-5-9-17(16)27-18/h2-9H,1,10-12H2. The summed E-state index contributed by atoms with van der Waals surface area (Å²) >= 11 is 7.88. The van der Waals surface area contributed by atoms with E-state index >= 15 is 0 Å². The first-order chi connectivity index (χ1) is 13.1. The second kappa shape index (κ2) is 7.18. The highest BCUT2D eigenvalue weighted by Crippen LogP contribution is 2.35. The summed E-state index contributed by atoms with van der Waals surface area (Å²) in [5.41, 5.74) is 2.05. The first-order valence-electron chi connectivity index (χ1n) is 8.48. The van der Waals surface area contributed by atoms with Crippen LogP contribution in [-0.4, -0.2) is 23.3 Å². The third-order valence-corrected chi connectivity index (χ3v) is 6.23. The maximum atomic E-state index is 12.4. The van der Waals surface area contributed by atoms with Crippen molar-refractivity contribution in [3.05, 3.63) is 76.1 Å². The summed E-state index contributed by atoms with van der Waals surface area (Å²) in [4.78, 5) is 26.9. The maximum absolute atomic E-state index is 12.4. The van der Waals surface area contributed by atoms with Crippen LogP contribution in [0.25, 0.3) is 15.8 Å². The smallest absolute Gasteiger partial charge is 0.307 e. The zero-order valence-corrected chi connectivity index (χ0v) is 16.0. The van der Waals surface area contributed by atoms with Crippen molar-refractivity contribution in [1.29, 1.82) is 0 Å². The number of thiophene rings is 1. The number of nitrogens with zero attached hydrogens (tertiary/aromatic N) is 1. The molecule has 0 bridgehead atoms. The molecule has 4 rings (SSSR count). The van der Waals surface area contributed by atoms with Gasteiger partial charge in [0.25, 0.3) is 5.91 Å². The number of ether oxygens (including phenoxy) is 1. The van der Waals surface area contributed by atoms with Crippen molar-refractivity contribution in [1.82, 2.24) is 4.90 Å². The van der Waals surface area contributed by atoms with Gasteiger partial charge >= 0.3 is 5.97 Å². The Bertz CT molecular complexity index is 1040. The van der Waals surface area contributed by atoms with E-state index in [1.165, 1.54) is 16.2 Å². The molecule has 1 aliphatic heterocycles. The molecular formula is C21H16ClNO3S. The van der Waals surface area contributed by atoms with Gasteiger partial charge in [0.2, 0.25) is 0 Å². The predicted molar refractivity (Wildman–Crippen MR) is 108 cm³/mol. The number of amides is 1. The molecule has 0 aliphatic carbocycles. The molecule has 27 heavy (non-hydrogen) atoms. The number of rotatable bonds is 5. The van der Waals surface area contributed by atoms with Crippen LogP contribution in [0.4, 0.5) is 0 Å². The number of hydrogen-bond donors (Lipinski definition) is 0. The van der Waals surface area contributed by atoms with E-state index < -0.39 is 0 Å². The lowest BCUT2D eigenvalue weighted by Gasteiger charge is -2.16. The summed E-state index contributed by atoms with van der Waals surface area (Å²) in [7, 11) is 0. The van der Waals surface area contributed by atoms with Gasteiger partial charge in [-0.15, -0.1) is 11.3 Å². The average Bonchev–Trinajstić information content (AvgIpc) is 3.14. The summed E-state index contributed by atoms with van der Waals surface area (Å²) in [6.45, 7) is 4.34. The molecule has 3 aromatic rings. The first kappa shape index (κ1) is 17.8. The van der Waals surface area contributed by atoms with Crippen LogP contribution < -0.4 is 0 Å². The van der Waals surface area contributed by atoms with Gasteiger partial charge in [0.05, 0.1) is 16.3 Å². The van der Waals surface area contributed by atoms with Crippen molar-refractivity contribution >= 4 is 50.6 Å². The molecule has 0 spiro atoms. The van der Waals surface area contributed by atoms with Crippen LogP contribution in [0.3, 0.4) is 0 Å². The van der Waals surface area contributed by atoms with E-state index in [2.05, 4.69) is 6.58 Å². The Balaban J connectivity index is 1.36. The number of hydrogen-bond acceptors (Lipinski definition) is 4. The molecule has 2 aromatic carbocycles. The Kier molecular flexibility index (Phi) is 4.72.